The van der Waals surface area contributed by atoms with Crippen LogP contribution in [0.4, 0.5) is 5.95 Å². The van der Waals surface area contributed by atoms with Crippen molar-refractivity contribution in [3.8, 4) is 0 Å². The number of carbonyl (C=O) groups excluding carboxylic acids is 1. The largest absolute Gasteiger partial charge is 0.467 e. The third-order valence-corrected chi connectivity index (χ3v) is 5.52. The zero-order chi connectivity index (χ0) is 18.7. The Morgan fingerprint density at radius 2 is 2.04 bits per heavy atom. The number of hydrogen-bond acceptors (Lipinski definition) is 6. The Hall–Kier alpha value is -1.96. The van der Waals surface area contributed by atoms with Gasteiger partial charge in [-0.2, -0.15) is 0 Å². The molecule has 0 saturated carbocycles. The maximum Gasteiger partial charge on any atom is 0.232 e. The van der Waals surface area contributed by atoms with Crippen LogP contribution < -0.4 is 4.90 Å². The van der Waals surface area contributed by atoms with Crippen molar-refractivity contribution in [2.75, 3.05) is 37.8 Å². The van der Waals surface area contributed by atoms with E-state index >= 15 is 0 Å². The molecule has 26 heavy (non-hydrogen) atoms. The molecule has 8 heteroatoms. The highest BCUT2D eigenvalue weighted by Crippen LogP contribution is 2.29. The number of amides is 1. The molecule has 0 unspecified atom stereocenters. The van der Waals surface area contributed by atoms with Crippen LogP contribution in [0.25, 0.3) is 0 Å². The summed E-state index contributed by atoms with van der Waals surface area (Å²) in [7, 11) is 3.52. The second-order valence-corrected chi connectivity index (χ2v) is 8.32. The minimum Gasteiger partial charge on any atom is -0.467 e. The molecule has 3 heterocycles. The van der Waals surface area contributed by atoms with Gasteiger partial charge in [-0.25, -0.2) is 0 Å². The zero-order valence-electron chi connectivity index (χ0n) is 15.9. The lowest BCUT2D eigenvalue weighted by Gasteiger charge is -2.35. The smallest absolute Gasteiger partial charge is 0.232 e. The van der Waals surface area contributed by atoms with Gasteiger partial charge in [0.25, 0.3) is 0 Å². The lowest BCUT2D eigenvalue weighted by Crippen LogP contribution is -2.40. The van der Waals surface area contributed by atoms with E-state index in [1.807, 2.05) is 12.1 Å². The minimum atomic E-state index is 0.0596. The van der Waals surface area contributed by atoms with Crippen LogP contribution in [0.5, 0.6) is 0 Å². The molecule has 0 radical (unpaired) electrons. The molecule has 1 aliphatic heterocycles. The van der Waals surface area contributed by atoms with Gasteiger partial charge in [-0.3, -0.25) is 9.36 Å². The summed E-state index contributed by atoms with van der Waals surface area (Å²) >= 11 is 1.42. The first-order valence-corrected chi connectivity index (χ1v) is 9.96. The zero-order valence-corrected chi connectivity index (χ0v) is 16.7. The Morgan fingerprint density at radius 1 is 1.31 bits per heavy atom. The first kappa shape index (κ1) is 18.8. The minimum absolute atomic E-state index is 0.0596. The van der Waals surface area contributed by atoms with Gasteiger partial charge in [-0.15, -0.1) is 10.2 Å². The fourth-order valence-corrected chi connectivity index (χ4v) is 4.31. The van der Waals surface area contributed by atoms with Crippen LogP contribution in [0, 0.1) is 11.8 Å². The molecule has 7 nitrogen and oxygen atoms in total. The molecule has 1 aliphatic rings. The topological polar surface area (TPSA) is 67.4 Å². The number of rotatable bonds is 6. The Kier molecular flexibility index (Phi) is 5.90. The number of aromatic nitrogens is 3. The standard InChI is InChI=1S/C18H27N5O2S/c1-13-8-14(2)10-22(9-13)17-19-20-18(26-12-16(24)21(3)4)23(17)11-15-6-5-7-25-15/h5-7,13-14H,8-12H2,1-4H3/t13-,14-/m1/s1. The van der Waals surface area contributed by atoms with E-state index < -0.39 is 0 Å². The summed E-state index contributed by atoms with van der Waals surface area (Å²) in [6, 6.07) is 3.83. The van der Waals surface area contributed by atoms with Gasteiger partial charge in [0, 0.05) is 27.2 Å². The molecule has 1 amide bonds. The Labute approximate surface area is 158 Å². The first-order chi connectivity index (χ1) is 12.4. The highest BCUT2D eigenvalue weighted by Gasteiger charge is 2.27. The van der Waals surface area contributed by atoms with Crippen LogP contribution in [0.2, 0.25) is 0 Å². The van der Waals surface area contributed by atoms with Crippen molar-refractivity contribution in [2.24, 2.45) is 11.8 Å². The van der Waals surface area contributed by atoms with E-state index in [4.69, 9.17) is 4.42 Å². The van der Waals surface area contributed by atoms with Crippen molar-refractivity contribution in [1.29, 1.82) is 0 Å². The fraction of sp³-hybridized carbons (Fsp3) is 0.611. The Balaban J connectivity index is 1.84. The van der Waals surface area contributed by atoms with E-state index in [0.29, 0.717) is 24.1 Å². The molecule has 3 rings (SSSR count). The number of piperidine rings is 1. The molecule has 2 aromatic rings. The Bertz CT molecular complexity index is 718. The molecule has 0 bridgehead atoms. The van der Waals surface area contributed by atoms with Crippen LogP contribution in [0.3, 0.4) is 0 Å². The van der Waals surface area contributed by atoms with Crippen LogP contribution in [-0.4, -0.2) is 58.5 Å². The summed E-state index contributed by atoms with van der Waals surface area (Å²) in [6.45, 7) is 7.07. The number of carbonyl (C=O) groups is 1. The predicted molar refractivity (Wildman–Crippen MR) is 102 cm³/mol. The third-order valence-electron chi connectivity index (χ3n) is 4.57. The van der Waals surface area contributed by atoms with Crippen molar-refractivity contribution < 1.29 is 9.21 Å². The molecule has 142 valence electrons. The lowest BCUT2D eigenvalue weighted by atomic mass is 9.92. The third kappa shape index (κ3) is 4.41. The molecular formula is C18H27N5O2S. The Morgan fingerprint density at radius 3 is 2.65 bits per heavy atom. The summed E-state index contributed by atoms with van der Waals surface area (Å²) in [4.78, 5) is 15.9. The average Bonchev–Trinajstić information content (AvgIpc) is 3.22. The number of furan rings is 1. The maximum atomic E-state index is 12.0. The molecule has 0 aliphatic carbocycles. The molecule has 0 spiro atoms. The molecule has 2 aromatic heterocycles. The highest BCUT2D eigenvalue weighted by atomic mass is 32.2. The summed E-state index contributed by atoms with van der Waals surface area (Å²) in [5, 5.41) is 9.59. The van der Waals surface area contributed by atoms with Gasteiger partial charge in [0.2, 0.25) is 11.9 Å². The van der Waals surface area contributed by atoms with Crippen molar-refractivity contribution in [2.45, 2.75) is 32.0 Å². The summed E-state index contributed by atoms with van der Waals surface area (Å²) < 4.78 is 7.60. The SMILES string of the molecule is C[C@@H]1C[C@@H](C)CN(c2nnc(SCC(=O)N(C)C)n2Cc2ccco2)C1. The van der Waals surface area contributed by atoms with Crippen LogP contribution >= 0.6 is 11.8 Å². The molecule has 2 atom stereocenters. The normalized spacial score (nSPS) is 20.4. The second-order valence-electron chi connectivity index (χ2n) is 7.38. The predicted octanol–water partition coefficient (Wildman–Crippen LogP) is 2.58. The average molecular weight is 378 g/mol. The van der Waals surface area contributed by atoms with E-state index in [2.05, 4.69) is 33.5 Å². The van der Waals surface area contributed by atoms with E-state index in [9.17, 15) is 4.79 Å². The van der Waals surface area contributed by atoms with Gasteiger partial charge in [0.15, 0.2) is 5.16 Å². The lowest BCUT2D eigenvalue weighted by molar-refractivity contribution is -0.125. The van der Waals surface area contributed by atoms with E-state index in [-0.39, 0.29) is 5.91 Å². The first-order valence-electron chi connectivity index (χ1n) is 8.97. The maximum absolute atomic E-state index is 12.0. The molecular weight excluding hydrogens is 350 g/mol. The van der Waals surface area contributed by atoms with Gasteiger partial charge < -0.3 is 14.2 Å². The van der Waals surface area contributed by atoms with Gasteiger partial charge in [0.1, 0.15) is 5.76 Å². The number of anilines is 1. The summed E-state index contributed by atoms with van der Waals surface area (Å²) in [5.74, 6) is 3.36. The number of hydrogen-bond donors (Lipinski definition) is 0. The van der Waals surface area contributed by atoms with Crippen LogP contribution in [0.15, 0.2) is 28.0 Å². The van der Waals surface area contributed by atoms with Crippen molar-refractivity contribution in [3.63, 3.8) is 0 Å². The van der Waals surface area contributed by atoms with Gasteiger partial charge in [-0.05, 0) is 30.4 Å². The van der Waals surface area contributed by atoms with E-state index in [0.717, 1.165) is 30.0 Å². The molecule has 1 saturated heterocycles. The second kappa shape index (κ2) is 8.16. The monoisotopic (exact) mass is 377 g/mol. The molecule has 0 N–H and O–H groups in total. The summed E-state index contributed by atoms with van der Waals surface area (Å²) in [6.07, 6.45) is 2.91. The number of thioether (sulfide) groups is 1. The number of nitrogens with zero attached hydrogens (tertiary/aromatic N) is 5. The fourth-order valence-electron chi connectivity index (χ4n) is 3.40. The summed E-state index contributed by atoms with van der Waals surface area (Å²) in [5.41, 5.74) is 0. The quantitative estimate of drug-likeness (QED) is 0.721. The van der Waals surface area contributed by atoms with Crippen molar-refractivity contribution >= 4 is 23.6 Å². The van der Waals surface area contributed by atoms with Gasteiger partial charge in [0.05, 0.1) is 18.6 Å². The van der Waals surface area contributed by atoms with E-state index in [1.165, 1.54) is 18.2 Å². The molecule has 1 fully saturated rings. The van der Waals surface area contributed by atoms with Crippen molar-refractivity contribution in [1.82, 2.24) is 19.7 Å². The van der Waals surface area contributed by atoms with Crippen molar-refractivity contribution in [3.05, 3.63) is 24.2 Å². The van der Waals surface area contributed by atoms with Gasteiger partial charge in [-0.1, -0.05) is 25.6 Å². The van der Waals surface area contributed by atoms with Crippen LogP contribution in [-0.2, 0) is 11.3 Å². The van der Waals surface area contributed by atoms with Gasteiger partial charge >= 0.3 is 0 Å². The molecule has 0 aromatic carbocycles. The van der Waals surface area contributed by atoms with E-state index in [1.54, 1.807) is 25.3 Å². The van der Waals surface area contributed by atoms with Crippen LogP contribution in [0.1, 0.15) is 26.0 Å². The highest BCUT2D eigenvalue weighted by molar-refractivity contribution is 7.99.